The summed E-state index contributed by atoms with van der Waals surface area (Å²) in [6, 6.07) is 27.2. The summed E-state index contributed by atoms with van der Waals surface area (Å²) in [6.45, 7) is 0.212. The highest BCUT2D eigenvalue weighted by atomic mass is 16.3. The van der Waals surface area contributed by atoms with Crippen LogP contribution < -0.4 is 5.32 Å². The highest BCUT2D eigenvalue weighted by Crippen LogP contribution is 2.32. The van der Waals surface area contributed by atoms with Crippen LogP contribution in [0.25, 0.3) is 0 Å². The van der Waals surface area contributed by atoms with Crippen LogP contribution in [0.15, 0.2) is 84.9 Å². The Hall–Kier alpha value is -3.48. The number of hydrogen-bond donors (Lipinski definition) is 3. The van der Waals surface area contributed by atoms with Gasteiger partial charge in [-0.1, -0.05) is 84.9 Å². The molecule has 6 nitrogen and oxygen atoms in total. The van der Waals surface area contributed by atoms with Crippen LogP contribution in [0.2, 0.25) is 0 Å². The topological polar surface area (TPSA) is 89.9 Å². The van der Waals surface area contributed by atoms with Crippen molar-refractivity contribution in [1.82, 2.24) is 10.2 Å². The second-order valence-electron chi connectivity index (χ2n) is 10.7. The summed E-state index contributed by atoms with van der Waals surface area (Å²) >= 11 is 0. The third kappa shape index (κ3) is 6.14. The van der Waals surface area contributed by atoms with Gasteiger partial charge in [0.1, 0.15) is 0 Å². The molecule has 0 radical (unpaired) electrons. The van der Waals surface area contributed by atoms with Gasteiger partial charge < -0.3 is 20.4 Å². The van der Waals surface area contributed by atoms with E-state index in [2.05, 4.69) is 17.4 Å². The van der Waals surface area contributed by atoms with Gasteiger partial charge in [0.15, 0.2) is 0 Å². The molecule has 38 heavy (non-hydrogen) atoms. The van der Waals surface area contributed by atoms with Crippen molar-refractivity contribution in [2.24, 2.45) is 5.92 Å². The number of fused-ring (bicyclic) bond motifs is 1. The maximum Gasteiger partial charge on any atom is 0.224 e. The van der Waals surface area contributed by atoms with E-state index in [0.29, 0.717) is 19.3 Å². The van der Waals surface area contributed by atoms with Crippen molar-refractivity contribution in [1.29, 1.82) is 0 Å². The molecule has 1 heterocycles. The molecule has 0 spiro atoms. The smallest absolute Gasteiger partial charge is 0.224 e. The van der Waals surface area contributed by atoms with Gasteiger partial charge in [0.05, 0.1) is 18.2 Å². The summed E-state index contributed by atoms with van der Waals surface area (Å²) in [7, 11) is 0. The number of nitrogens with one attached hydrogen (secondary N) is 1. The van der Waals surface area contributed by atoms with Crippen LogP contribution in [0.3, 0.4) is 0 Å². The fourth-order valence-electron chi connectivity index (χ4n) is 5.97. The molecule has 1 aliphatic carbocycles. The number of amides is 2. The van der Waals surface area contributed by atoms with Crippen LogP contribution in [0, 0.1) is 5.92 Å². The molecule has 2 aliphatic rings. The van der Waals surface area contributed by atoms with Crippen LogP contribution in [-0.4, -0.2) is 51.7 Å². The predicted molar refractivity (Wildman–Crippen MR) is 146 cm³/mol. The Morgan fingerprint density at radius 2 is 1.61 bits per heavy atom. The Labute approximate surface area is 224 Å². The third-order valence-corrected chi connectivity index (χ3v) is 7.93. The molecule has 0 aromatic heterocycles. The molecular weight excluding hydrogens is 476 g/mol. The lowest BCUT2D eigenvalue weighted by Crippen LogP contribution is -2.43. The lowest BCUT2D eigenvalue weighted by Gasteiger charge is -2.29. The van der Waals surface area contributed by atoms with Crippen molar-refractivity contribution in [2.45, 2.75) is 62.8 Å². The van der Waals surface area contributed by atoms with Gasteiger partial charge in [0, 0.05) is 31.3 Å². The van der Waals surface area contributed by atoms with E-state index in [-0.39, 0.29) is 30.8 Å². The Morgan fingerprint density at radius 1 is 0.947 bits per heavy atom. The van der Waals surface area contributed by atoms with E-state index in [1.807, 2.05) is 72.8 Å². The van der Waals surface area contributed by atoms with E-state index in [1.54, 1.807) is 4.90 Å². The second kappa shape index (κ2) is 11.9. The predicted octanol–water partition coefficient (Wildman–Crippen LogP) is 3.60. The summed E-state index contributed by atoms with van der Waals surface area (Å²) in [5, 5.41) is 24.9. The Morgan fingerprint density at radius 3 is 2.34 bits per heavy atom. The fourth-order valence-corrected chi connectivity index (χ4v) is 5.97. The average Bonchev–Trinajstić information content (AvgIpc) is 3.43. The van der Waals surface area contributed by atoms with E-state index >= 15 is 0 Å². The molecule has 5 atom stereocenters. The minimum absolute atomic E-state index is 0.0473. The maximum atomic E-state index is 13.6. The van der Waals surface area contributed by atoms with Crippen LogP contribution in [0.5, 0.6) is 0 Å². The number of β-amino-alcohol motifs (C(OH)–C–C–N with tert-alkyl or cyclic N) is 1. The molecule has 3 aromatic carbocycles. The van der Waals surface area contributed by atoms with Gasteiger partial charge in [0.25, 0.3) is 0 Å². The first-order valence-electron chi connectivity index (χ1n) is 13.6. The van der Waals surface area contributed by atoms with Crippen LogP contribution in [0.1, 0.15) is 47.6 Å². The molecule has 0 bridgehead atoms. The largest absolute Gasteiger partial charge is 0.391 e. The average molecular weight is 513 g/mol. The van der Waals surface area contributed by atoms with Gasteiger partial charge in [0.2, 0.25) is 11.8 Å². The van der Waals surface area contributed by atoms with E-state index < -0.39 is 24.2 Å². The summed E-state index contributed by atoms with van der Waals surface area (Å²) in [6.07, 6.45) is 1.70. The Bertz CT molecular complexity index is 1230. The van der Waals surface area contributed by atoms with Gasteiger partial charge in [-0.05, 0) is 47.9 Å². The highest BCUT2D eigenvalue weighted by molar-refractivity contribution is 5.80. The van der Waals surface area contributed by atoms with Crippen LogP contribution >= 0.6 is 0 Å². The number of carbonyl (C=O) groups excluding carboxylic acids is 2. The zero-order chi connectivity index (χ0) is 26.5. The molecule has 5 rings (SSSR count). The molecular formula is C32H36N2O4. The molecule has 3 aromatic rings. The summed E-state index contributed by atoms with van der Waals surface area (Å²) in [5.74, 6) is -0.639. The number of carbonyl (C=O) groups is 2. The van der Waals surface area contributed by atoms with Gasteiger partial charge in [-0.15, -0.1) is 0 Å². The van der Waals surface area contributed by atoms with Crippen LogP contribution in [0.4, 0.5) is 0 Å². The van der Waals surface area contributed by atoms with Crippen molar-refractivity contribution in [3.63, 3.8) is 0 Å². The molecule has 198 valence electrons. The molecule has 0 saturated carbocycles. The van der Waals surface area contributed by atoms with E-state index in [9.17, 15) is 19.8 Å². The molecule has 2 amide bonds. The van der Waals surface area contributed by atoms with Crippen LogP contribution in [-0.2, 0) is 28.9 Å². The van der Waals surface area contributed by atoms with E-state index in [0.717, 1.165) is 29.5 Å². The number of rotatable bonds is 10. The van der Waals surface area contributed by atoms with Crippen molar-refractivity contribution in [3.05, 3.63) is 107 Å². The Kier molecular flexibility index (Phi) is 8.20. The van der Waals surface area contributed by atoms with E-state index in [1.165, 1.54) is 5.56 Å². The number of benzene rings is 3. The highest BCUT2D eigenvalue weighted by Gasteiger charge is 2.36. The molecule has 0 unspecified atom stereocenters. The molecule has 6 heteroatoms. The molecule has 1 fully saturated rings. The zero-order valence-electron chi connectivity index (χ0n) is 21.6. The Balaban J connectivity index is 1.28. The SMILES string of the molecule is O=C(N[C@H]1c2ccccc2C[C@H]1O)[C@@H](Cc1ccccc1)C[C@H](O)CN1C(=O)CC[C@@H]1Cc1ccccc1. The van der Waals surface area contributed by atoms with Gasteiger partial charge in [-0.3, -0.25) is 9.59 Å². The second-order valence-corrected chi connectivity index (χ2v) is 10.7. The molecule has 1 aliphatic heterocycles. The number of aliphatic hydroxyl groups is 2. The minimum Gasteiger partial charge on any atom is -0.391 e. The van der Waals surface area contributed by atoms with Gasteiger partial charge in [-0.25, -0.2) is 0 Å². The third-order valence-electron chi connectivity index (χ3n) is 7.93. The van der Waals surface area contributed by atoms with Crippen molar-refractivity contribution in [2.75, 3.05) is 6.54 Å². The number of likely N-dealkylation sites (tertiary alicyclic amines) is 1. The van der Waals surface area contributed by atoms with E-state index in [4.69, 9.17) is 0 Å². The summed E-state index contributed by atoms with van der Waals surface area (Å²) in [4.78, 5) is 28.1. The lowest BCUT2D eigenvalue weighted by atomic mass is 9.91. The molecule has 3 N–H and O–H groups in total. The first-order chi connectivity index (χ1) is 18.5. The minimum atomic E-state index is -0.837. The standard InChI is InChI=1S/C32H36N2O4/c35-27(21-34-26(15-16-30(34)37)18-23-11-5-2-6-12-23)19-25(17-22-9-3-1-4-10-22)32(38)33-31-28-14-8-7-13-24(28)20-29(31)36/h1-14,25-27,29,31,35-36H,15-21H2,(H,33,38)/t25-,26+,27-,29+,31-/m0/s1. The zero-order valence-corrected chi connectivity index (χ0v) is 21.6. The number of aliphatic hydroxyl groups excluding tert-OH is 2. The normalized spacial score (nSPS) is 22.2. The lowest BCUT2D eigenvalue weighted by molar-refractivity contribution is -0.131. The maximum absolute atomic E-state index is 13.6. The van der Waals surface area contributed by atoms with Gasteiger partial charge >= 0.3 is 0 Å². The van der Waals surface area contributed by atoms with Crippen molar-refractivity contribution in [3.8, 4) is 0 Å². The fraction of sp³-hybridized carbons (Fsp3) is 0.375. The quantitative estimate of drug-likeness (QED) is 0.387. The summed E-state index contributed by atoms with van der Waals surface area (Å²) in [5.41, 5.74) is 4.16. The first-order valence-corrected chi connectivity index (χ1v) is 13.6. The monoisotopic (exact) mass is 512 g/mol. The van der Waals surface area contributed by atoms with Crippen molar-refractivity contribution < 1.29 is 19.8 Å². The number of nitrogens with zero attached hydrogens (tertiary/aromatic N) is 1. The number of hydrogen-bond acceptors (Lipinski definition) is 4. The molecule has 1 saturated heterocycles. The van der Waals surface area contributed by atoms with Gasteiger partial charge in [-0.2, -0.15) is 0 Å². The summed E-state index contributed by atoms with van der Waals surface area (Å²) < 4.78 is 0. The first kappa shape index (κ1) is 26.1. The van der Waals surface area contributed by atoms with Crippen molar-refractivity contribution >= 4 is 11.8 Å².